The highest BCUT2D eigenvalue weighted by Gasteiger charge is 2.12. The minimum absolute atomic E-state index is 0.0733. The third-order valence-electron chi connectivity index (χ3n) is 4.39. The number of likely N-dealkylation sites (N-methyl/N-ethyl adjacent to an activating group) is 1. The van der Waals surface area contributed by atoms with Crippen molar-refractivity contribution in [2.75, 3.05) is 18.9 Å². The minimum atomic E-state index is -0.0733. The average Bonchev–Trinajstić information content (AvgIpc) is 3.46. The maximum absolute atomic E-state index is 12.5. The molecule has 1 aromatic carbocycles. The molecule has 0 saturated heterocycles. The molecule has 8 heteroatoms. The molecule has 0 aliphatic rings. The summed E-state index contributed by atoms with van der Waals surface area (Å²) in [6.45, 7) is 1.56. The highest BCUT2D eigenvalue weighted by atomic mass is 32.1. The van der Waals surface area contributed by atoms with Gasteiger partial charge in [-0.3, -0.25) is 9.69 Å². The first-order valence-corrected chi connectivity index (χ1v) is 10.2. The summed E-state index contributed by atoms with van der Waals surface area (Å²) < 4.78 is 3.64. The Labute approximate surface area is 173 Å². The van der Waals surface area contributed by atoms with Gasteiger partial charge in [0, 0.05) is 29.2 Å². The van der Waals surface area contributed by atoms with Crippen molar-refractivity contribution < 1.29 is 4.79 Å². The first kappa shape index (κ1) is 19.1. The smallest absolute Gasteiger partial charge is 0.239 e. The third-order valence-corrected chi connectivity index (χ3v) is 5.25. The van der Waals surface area contributed by atoms with E-state index in [1.165, 1.54) is 4.88 Å². The van der Waals surface area contributed by atoms with Gasteiger partial charge < -0.3 is 5.32 Å². The predicted molar refractivity (Wildman–Crippen MR) is 114 cm³/mol. The Morgan fingerprint density at radius 2 is 2.00 bits per heavy atom. The van der Waals surface area contributed by atoms with Crippen LogP contribution in [-0.2, 0) is 17.9 Å². The van der Waals surface area contributed by atoms with Crippen LogP contribution in [0.25, 0.3) is 5.69 Å². The summed E-state index contributed by atoms with van der Waals surface area (Å²) in [6, 6.07) is 15.8. The van der Waals surface area contributed by atoms with Crippen LogP contribution in [0.4, 0.5) is 5.82 Å². The maximum Gasteiger partial charge on any atom is 0.239 e. The Kier molecular flexibility index (Phi) is 5.83. The molecule has 1 N–H and O–H groups in total. The highest BCUT2D eigenvalue weighted by Crippen LogP contribution is 2.14. The summed E-state index contributed by atoms with van der Waals surface area (Å²) in [5.41, 5.74) is 2.06. The normalized spacial score (nSPS) is 11.1. The van der Waals surface area contributed by atoms with Gasteiger partial charge in [0.2, 0.25) is 5.91 Å². The Balaban J connectivity index is 1.31. The number of amides is 1. The van der Waals surface area contributed by atoms with Crippen molar-refractivity contribution in [2.45, 2.75) is 13.1 Å². The van der Waals surface area contributed by atoms with Crippen LogP contribution >= 0.6 is 11.3 Å². The molecule has 0 spiro atoms. The van der Waals surface area contributed by atoms with Gasteiger partial charge in [-0.1, -0.05) is 24.3 Å². The van der Waals surface area contributed by atoms with Crippen molar-refractivity contribution in [3.63, 3.8) is 0 Å². The van der Waals surface area contributed by atoms with Gasteiger partial charge in [0.05, 0.1) is 31.2 Å². The van der Waals surface area contributed by atoms with E-state index in [0.29, 0.717) is 18.9 Å². The van der Waals surface area contributed by atoms with Gasteiger partial charge in [-0.15, -0.1) is 11.3 Å². The fourth-order valence-electron chi connectivity index (χ4n) is 3.07. The van der Waals surface area contributed by atoms with E-state index in [4.69, 9.17) is 0 Å². The Hall–Kier alpha value is -3.23. The molecule has 0 radical (unpaired) electrons. The number of anilines is 1. The van der Waals surface area contributed by atoms with Crippen LogP contribution in [0.2, 0.25) is 0 Å². The third kappa shape index (κ3) is 4.98. The fraction of sp³-hybridized carbons (Fsp3) is 0.190. The molecule has 4 rings (SSSR count). The lowest BCUT2D eigenvalue weighted by Crippen LogP contribution is -2.30. The minimum Gasteiger partial charge on any atom is -0.310 e. The SMILES string of the molecule is CN(CC(=O)Nc1ccnn1Cc1cccs1)Cc1cnn(-c2ccccc2)c1. The van der Waals surface area contributed by atoms with Crippen LogP contribution in [0, 0.1) is 0 Å². The van der Waals surface area contributed by atoms with Gasteiger partial charge >= 0.3 is 0 Å². The number of hydrogen-bond acceptors (Lipinski definition) is 5. The van der Waals surface area contributed by atoms with Gasteiger partial charge in [-0.05, 0) is 30.6 Å². The number of benzene rings is 1. The summed E-state index contributed by atoms with van der Waals surface area (Å²) in [7, 11) is 1.92. The molecule has 0 aliphatic heterocycles. The summed E-state index contributed by atoms with van der Waals surface area (Å²) in [4.78, 5) is 15.6. The molecule has 0 atom stereocenters. The second-order valence-corrected chi connectivity index (χ2v) is 7.83. The van der Waals surface area contributed by atoms with Crippen molar-refractivity contribution in [3.05, 3.63) is 82.9 Å². The lowest BCUT2D eigenvalue weighted by Gasteiger charge is -2.15. The average molecular weight is 407 g/mol. The number of carbonyl (C=O) groups is 1. The standard InChI is InChI=1S/C21H22N6OS/c1-25(13-17-12-23-26(14-17)18-6-3-2-4-7-18)16-21(28)24-20-9-10-22-27(20)15-19-8-5-11-29-19/h2-12,14H,13,15-16H2,1H3,(H,24,28). The summed E-state index contributed by atoms with van der Waals surface area (Å²) in [5.74, 6) is 0.629. The zero-order valence-corrected chi connectivity index (χ0v) is 16.9. The van der Waals surface area contributed by atoms with Crippen LogP contribution in [0.5, 0.6) is 0 Å². The number of rotatable bonds is 8. The van der Waals surface area contributed by atoms with Crippen LogP contribution in [0.1, 0.15) is 10.4 Å². The molecule has 1 amide bonds. The second-order valence-electron chi connectivity index (χ2n) is 6.80. The number of para-hydroxylation sites is 1. The molecular formula is C21H22N6OS. The van der Waals surface area contributed by atoms with Gasteiger partial charge in [0.1, 0.15) is 5.82 Å². The van der Waals surface area contributed by atoms with Crippen LogP contribution < -0.4 is 5.32 Å². The van der Waals surface area contributed by atoms with E-state index >= 15 is 0 Å². The Morgan fingerprint density at radius 3 is 2.79 bits per heavy atom. The Morgan fingerprint density at radius 1 is 1.14 bits per heavy atom. The van der Waals surface area contributed by atoms with E-state index in [1.807, 2.05) is 76.9 Å². The molecule has 0 saturated carbocycles. The molecular weight excluding hydrogens is 384 g/mol. The monoisotopic (exact) mass is 406 g/mol. The number of hydrogen-bond donors (Lipinski definition) is 1. The van der Waals surface area contributed by atoms with E-state index in [2.05, 4.69) is 21.6 Å². The molecule has 148 valence electrons. The number of nitrogens with zero attached hydrogens (tertiary/aromatic N) is 5. The fourth-order valence-corrected chi connectivity index (χ4v) is 3.76. The number of nitrogens with one attached hydrogen (secondary N) is 1. The lowest BCUT2D eigenvalue weighted by molar-refractivity contribution is -0.117. The van der Waals surface area contributed by atoms with E-state index in [1.54, 1.807) is 22.2 Å². The van der Waals surface area contributed by atoms with Gasteiger partial charge in [-0.2, -0.15) is 10.2 Å². The first-order chi connectivity index (χ1) is 14.2. The van der Waals surface area contributed by atoms with Crippen molar-refractivity contribution in [1.82, 2.24) is 24.5 Å². The zero-order chi connectivity index (χ0) is 20.1. The van der Waals surface area contributed by atoms with E-state index in [0.717, 1.165) is 11.3 Å². The van der Waals surface area contributed by atoms with Crippen LogP contribution in [0.15, 0.2) is 72.5 Å². The van der Waals surface area contributed by atoms with Gasteiger partial charge in [-0.25, -0.2) is 9.36 Å². The van der Waals surface area contributed by atoms with Gasteiger partial charge in [0.15, 0.2) is 0 Å². The molecule has 7 nitrogen and oxygen atoms in total. The topological polar surface area (TPSA) is 68.0 Å². The highest BCUT2D eigenvalue weighted by molar-refractivity contribution is 7.09. The van der Waals surface area contributed by atoms with E-state index in [9.17, 15) is 4.79 Å². The zero-order valence-electron chi connectivity index (χ0n) is 16.1. The molecule has 4 aromatic rings. The molecule has 0 bridgehead atoms. The number of aromatic nitrogens is 4. The lowest BCUT2D eigenvalue weighted by atomic mass is 10.3. The summed E-state index contributed by atoms with van der Waals surface area (Å²) in [5, 5.41) is 13.7. The molecule has 0 fully saturated rings. The molecule has 0 unspecified atom stereocenters. The Bertz CT molecular complexity index is 1050. The summed E-state index contributed by atoms with van der Waals surface area (Å²) in [6.07, 6.45) is 5.52. The van der Waals surface area contributed by atoms with Crippen molar-refractivity contribution in [1.29, 1.82) is 0 Å². The van der Waals surface area contributed by atoms with Crippen molar-refractivity contribution in [3.8, 4) is 5.69 Å². The predicted octanol–water partition coefficient (Wildman–Crippen LogP) is 3.25. The van der Waals surface area contributed by atoms with Gasteiger partial charge in [0.25, 0.3) is 0 Å². The van der Waals surface area contributed by atoms with Crippen LogP contribution in [0.3, 0.4) is 0 Å². The number of carbonyl (C=O) groups excluding carboxylic acids is 1. The summed E-state index contributed by atoms with van der Waals surface area (Å²) >= 11 is 1.67. The largest absolute Gasteiger partial charge is 0.310 e. The van der Waals surface area contributed by atoms with Crippen molar-refractivity contribution >= 4 is 23.1 Å². The van der Waals surface area contributed by atoms with Crippen molar-refractivity contribution in [2.24, 2.45) is 0 Å². The second kappa shape index (κ2) is 8.85. The molecule has 3 heterocycles. The maximum atomic E-state index is 12.5. The molecule has 3 aromatic heterocycles. The number of thiophene rings is 1. The van der Waals surface area contributed by atoms with Crippen LogP contribution in [-0.4, -0.2) is 44.0 Å². The first-order valence-electron chi connectivity index (χ1n) is 9.29. The molecule has 0 aliphatic carbocycles. The molecule has 29 heavy (non-hydrogen) atoms. The quantitative estimate of drug-likeness (QED) is 0.488. The van der Waals surface area contributed by atoms with E-state index in [-0.39, 0.29) is 12.5 Å². The van der Waals surface area contributed by atoms with E-state index < -0.39 is 0 Å².